The minimum atomic E-state index is -0.351. The van der Waals surface area contributed by atoms with Crippen molar-refractivity contribution in [3.63, 3.8) is 0 Å². The van der Waals surface area contributed by atoms with Crippen molar-refractivity contribution in [2.24, 2.45) is 0 Å². The van der Waals surface area contributed by atoms with Gasteiger partial charge in [-0.1, -0.05) is 23.9 Å². The lowest BCUT2D eigenvalue weighted by Gasteiger charge is -2.07. The van der Waals surface area contributed by atoms with Gasteiger partial charge in [0.05, 0.1) is 6.61 Å². The van der Waals surface area contributed by atoms with Gasteiger partial charge in [0, 0.05) is 17.1 Å². The molecule has 0 saturated heterocycles. The first-order valence-corrected chi connectivity index (χ1v) is 7.83. The number of thioether (sulfide) groups is 1. The third kappa shape index (κ3) is 3.04. The second-order valence-electron chi connectivity index (χ2n) is 4.78. The van der Waals surface area contributed by atoms with E-state index in [4.69, 9.17) is 4.74 Å². The summed E-state index contributed by atoms with van der Waals surface area (Å²) in [6.07, 6.45) is 0. The van der Waals surface area contributed by atoms with Crippen molar-refractivity contribution in [3.8, 4) is 5.75 Å². The third-order valence-electron chi connectivity index (χ3n) is 3.07. The molecule has 0 bridgehead atoms. The summed E-state index contributed by atoms with van der Waals surface area (Å²) in [4.78, 5) is 4.34. The number of fused-ring (bicyclic) bond motifs is 1. The van der Waals surface area contributed by atoms with Gasteiger partial charge in [-0.2, -0.15) is 0 Å². The maximum atomic E-state index is 13.4. The highest BCUT2D eigenvalue weighted by Gasteiger charge is 2.10. The minimum Gasteiger partial charge on any atom is -0.490 e. The molecule has 3 aromatic rings. The van der Waals surface area contributed by atoms with Crippen molar-refractivity contribution in [2.75, 3.05) is 12.4 Å². The Balaban J connectivity index is 1.64. The van der Waals surface area contributed by atoms with E-state index in [9.17, 15) is 4.39 Å². The summed E-state index contributed by atoms with van der Waals surface area (Å²) in [5, 5.41) is 8.98. The van der Waals surface area contributed by atoms with Crippen molar-refractivity contribution < 1.29 is 9.13 Å². The van der Waals surface area contributed by atoms with E-state index >= 15 is 0 Å². The lowest BCUT2D eigenvalue weighted by atomic mass is 10.3. The maximum absolute atomic E-state index is 13.4. The molecule has 2 heterocycles. The molecule has 0 unspecified atom stereocenters. The highest BCUT2D eigenvalue weighted by Crippen LogP contribution is 2.20. The number of rotatable bonds is 5. The topological polar surface area (TPSA) is 52.3 Å². The average Bonchev–Trinajstić information content (AvgIpc) is 2.88. The van der Waals surface area contributed by atoms with Gasteiger partial charge < -0.3 is 4.74 Å². The number of aryl methyl sites for hydroxylation is 2. The fourth-order valence-electron chi connectivity index (χ4n) is 2.14. The summed E-state index contributed by atoms with van der Waals surface area (Å²) in [7, 11) is 0. The van der Waals surface area contributed by atoms with Crippen LogP contribution >= 0.6 is 11.8 Å². The fourth-order valence-corrected chi connectivity index (χ4v) is 2.94. The summed E-state index contributed by atoms with van der Waals surface area (Å²) in [5.41, 5.74) is 1.95. The van der Waals surface area contributed by atoms with Crippen LogP contribution < -0.4 is 4.74 Å². The highest BCUT2D eigenvalue weighted by molar-refractivity contribution is 7.99. The zero-order valence-corrected chi connectivity index (χ0v) is 13.1. The molecule has 22 heavy (non-hydrogen) atoms. The Morgan fingerprint density at radius 2 is 2.05 bits per heavy atom. The van der Waals surface area contributed by atoms with Crippen LogP contribution in [0.5, 0.6) is 5.75 Å². The van der Waals surface area contributed by atoms with E-state index in [2.05, 4.69) is 15.2 Å². The van der Waals surface area contributed by atoms with Gasteiger partial charge in [-0.3, -0.25) is 4.40 Å². The molecule has 0 fully saturated rings. The number of para-hydroxylation sites is 1. The van der Waals surface area contributed by atoms with Crippen molar-refractivity contribution in [2.45, 2.75) is 19.0 Å². The monoisotopic (exact) mass is 318 g/mol. The van der Waals surface area contributed by atoms with E-state index in [1.807, 2.05) is 24.3 Å². The summed E-state index contributed by atoms with van der Waals surface area (Å²) in [6.45, 7) is 4.31. The lowest BCUT2D eigenvalue weighted by molar-refractivity contribution is 0.325. The van der Waals surface area contributed by atoms with Gasteiger partial charge >= 0.3 is 0 Å². The average molecular weight is 318 g/mol. The van der Waals surface area contributed by atoms with Crippen LogP contribution in [-0.4, -0.2) is 31.9 Å². The van der Waals surface area contributed by atoms with Crippen LogP contribution in [-0.2, 0) is 0 Å². The van der Waals surface area contributed by atoms with E-state index in [1.165, 1.54) is 17.8 Å². The molecule has 1 aromatic carbocycles. The van der Waals surface area contributed by atoms with E-state index in [1.54, 1.807) is 18.2 Å². The number of benzene rings is 1. The molecule has 0 aliphatic heterocycles. The van der Waals surface area contributed by atoms with Gasteiger partial charge in [0.1, 0.15) is 0 Å². The number of aromatic nitrogens is 4. The van der Waals surface area contributed by atoms with Crippen LogP contribution in [0.25, 0.3) is 5.78 Å². The SMILES string of the molecule is Cc1cc(C)n2c(SCCOc3ccccc3F)nnc2n1. The Labute approximate surface area is 131 Å². The van der Waals surface area contributed by atoms with Gasteiger partial charge in [0.25, 0.3) is 5.78 Å². The fraction of sp³-hybridized carbons (Fsp3) is 0.267. The Hall–Kier alpha value is -2.15. The molecule has 0 spiro atoms. The molecule has 0 radical (unpaired) electrons. The molecule has 0 aliphatic rings. The van der Waals surface area contributed by atoms with Crippen molar-refractivity contribution in [1.82, 2.24) is 19.6 Å². The van der Waals surface area contributed by atoms with Gasteiger partial charge in [0.2, 0.25) is 0 Å². The molecule has 7 heteroatoms. The van der Waals surface area contributed by atoms with Crippen molar-refractivity contribution >= 4 is 17.5 Å². The number of hydrogen-bond donors (Lipinski definition) is 0. The lowest BCUT2D eigenvalue weighted by Crippen LogP contribution is -2.03. The first-order chi connectivity index (χ1) is 10.6. The predicted molar refractivity (Wildman–Crippen MR) is 82.9 cm³/mol. The Bertz CT molecular complexity index is 805. The maximum Gasteiger partial charge on any atom is 0.256 e. The van der Waals surface area contributed by atoms with Crippen LogP contribution in [0.15, 0.2) is 35.5 Å². The van der Waals surface area contributed by atoms with Crippen LogP contribution in [0.4, 0.5) is 4.39 Å². The van der Waals surface area contributed by atoms with Gasteiger partial charge in [-0.05, 0) is 32.0 Å². The zero-order valence-electron chi connectivity index (χ0n) is 12.3. The molecule has 0 atom stereocenters. The first kappa shape index (κ1) is 14.8. The molecular weight excluding hydrogens is 303 g/mol. The molecule has 5 nitrogen and oxygen atoms in total. The minimum absolute atomic E-state index is 0.266. The molecule has 0 N–H and O–H groups in total. The van der Waals surface area contributed by atoms with Gasteiger partial charge in [-0.25, -0.2) is 9.37 Å². The van der Waals surface area contributed by atoms with Gasteiger partial charge in [0.15, 0.2) is 16.7 Å². The summed E-state index contributed by atoms with van der Waals surface area (Å²) in [5.74, 6) is 1.15. The smallest absolute Gasteiger partial charge is 0.256 e. The van der Waals surface area contributed by atoms with Crippen molar-refractivity contribution in [1.29, 1.82) is 0 Å². The third-order valence-corrected chi connectivity index (χ3v) is 3.97. The summed E-state index contributed by atoms with van der Waals surface area (Å²) in [6, 6.07) is 8.36. The highest BCUT2D eigenvalue weighted by atomic mass is 32.2. The number of ether oxygens (including phenoxy) is 1. The molecule has 0 amide bonds. The molecule has 0 aliphatic carbocycles. The summed E-state index contributed by atoms with van der Waals surface area (Å²) < 4.78 is 20.8. The molecule has 3 rings (SSSR count). The predicted octanol–water partition coefficient (Wildman–Crippen LogP) is 3.05. The van der Waals surface area contributed by atoms with E-state index in [0.717, 1.165) is 16.5 Å². The zero-order chi connectivity index (χ0) is 15.5. The molecule has 114 valence electrons. The van der Waals surface area contributed by atoms with E-state index in [-0.39, 0.29) is 11.6 Å². The van der Waals surface area contributed by atoms with Crippen LogP contribution in [0.1, 0.15) is 11.4 Å². The molecular formula is C15H15FN4OS. The van der Waals surface area contributed by atoms with Crippen LogP contribution in [0.3, 0.4) is 0 Å². The second-order valence-corrected chi connectivity index (χ2v) is 5.85. The first-order valence-electron chi connectivity index (χ1n) is 6.84. The normalized spacial score (nSPS) is 11.0. The Morgan fingerprint density at radius 1 is 1.23 bits per heavy atom. The Kier molecular flexibility index (Phi) is 4.24. The van der Waals surface area contributed by atoms with Crippen molar-refractivity contribution in [3.05, 3.63) is 47.5 Å². The number of nitrogens with zero attached hydrogens (tertiary/aromatic N) is 4. The molecule has 0 saturated carbocycles. The quantitative estimate of drug-likeness (QED) is 0.534. The summed E-state index contributed by atoms with van der Waals surface area (Å²) >= 11 is 1.50. The largest absolute Gasteiger partial charge is 0.490 e. The van der Waals surface area contributed by atoms with Crippen LogP contribution in [0, 0.1) is 19.7 Å². The van der Waals surface area contributed by atoms with Gasteiger partial charge in [-0.15, -0.1) is 10.2 Å². The second kappa shape index (κ2) is 6.31. The standard InChI is InChI=1S/C15H15FN4OS/c1-10-9-11(2)20-14(17-10)18-19-15(20)22-8-7-21-13-6-4-3-5-12(13)16/h3-6,9H,7-8H2,1-2H3. The number of hydrogen-bond acceptors (Lipinski definition) is 5. The van der Waals surface area contributed by atoms with E-state index < -0.39 is 0 Å². The number of halogens is 1. The van der Waals surface area contributed by atoms with Crippen LogP contribution in [0.2, 0.25) is 0 Å². The molecule has 2 aromatic heterocycles. The Morgan fingerprint density at radius 3 is 2.86 bits per heavy atom. The van der Waals surface area contributed by atoms with E-state index in [0.29, 0.717) is 18.1 Å².